The van der Waals surface area contributed by atoms with Crippen molar-refractivity contribution in [2.45, 2.75) is 46.0 Å². The Hall–Kier alpha value is -1.26. The first-order valence-electron chi connectivity index (χ1n) is 6.71. The molecule has 0 radical (unpaired) electrons. The molecule has 2 amide bonds. The molecular formula is C13H24N2O3. The van der Waals surface area contributed by atoms with E-state index in [-0.39, 0.29) is 18.0 Å². The van der Waals surface area contributed by atoms with Gasteiger partial charge < -0.3 is 15.7 Å². The van der Waals surface area contributed by atoms with Crippen LogP contribution >= 0.6 is 0 Å². The predicted octanol–water partition coefficient (Wildman–Crippen LogP) is 1.98. The lowest BCUT2D eigenvalue weighted by molar-refractivity contribution is -0.141. The minimum Gasteiger partial charge on any atom is -0.481 e. The number of carboxylic acids is 1. The van der Waals surface area contributed by atoms with Gasteiger partial charge in [0, 0.05) is 13.1 Å². The number of rotatable bonds is 6. The summed E-state index contributed by atoms with van der Waals surface area (Å²) in [6.45, 7) is 4.85. The fourth-order valence-corrected chi connectivity index (χ4v) is 2.38. The molecule has 1 saturated carbocycles. The van der Waals surface area contributed by atoms with E-state index in [9.17, 15) is 9.59 Å². The van der Waals surface area contributed by atoms with Crippen molar-refractivity contribution in [3.05, 3.63) is 0 Å². The van der Waals surface area contributed by atoms with Gasteiger partial charge in [-0.05, 0) is 24.7 Å². The minimum atomic E-state index is -0.861. The van der Waals surface area contributed by atoms with Crippen LogP contribution in [0.25, 0.3) is 0 Å². The number of urea groups is 1. The zero-order chi connectivity index (χ0) is 13.6. The predicted molar refractivity (Wildman–Crippen MR) is 69.4 cm³/mol. The van der Waals surface area contributed by atoms with E-state index >= 15 is 0 Å². The zero-order valence-electron chi connectivity index (χ0n) is 11.3. The molecule has 0 aromatic heterocycles. The number of amides is 2. The minimum absolute atomic E-state index is 0.189. The molecule has 1 aliphatic carbocycles. The van der Waals surface area contributed by atoms with Crippen molar-refractivity contribution in [2.75, 3.05) is 13.1 Å². The molecule has 1 unspecified atom stereocenters. The molecule has 0 aliphatic heterocycles. The maximum atomic E-state index is 11.6. The lowest BCUT2D eigenvalue weighted by Gasteiger charge is -2.24. The summed E-state index contributed by atoms with van der Waals surface area (Å²) in [4.78, 5) is 22.4. The fraction of sp³-hybridized carbons (Fsp3) is 0.846. The van der Waals surface area contributed by atoms with E-state index < -0.39 is 11.9 Å². The van der Waals surface area contributed by atoms with Crippen molar-refractivity contribution in [3.8, 4) is 0 Å². The van der Waals surface area contributed by atoms with Crippen LogP contribution in [-0.4, -0.2) is 30.2 Å². The van der Waals surface area contributed by atoms with Gasteiger partial charge in [-0.15, -0.1) is 0 Å². The van der Waals surface area contributed by atoms with Crippen molar-refractivity contribution in [2.24, 2.45) is 11.3 Å². The highest BCUT2D eigenvalue weighted by Gasteiger charge is 2.28. The number of carbonyl (C=O) groups excluding carboxylic acids is 1. The normalized spacial score (nSPS) is 19.2. The molecule has 104 valence electrons. The van der Waals surface area contributed by atoms with Gasteiger partial charge in [0.1, 0.15) is 0 Å². The van der Waals surface area contributed by atoms with Crippen molar-refractivity contribution >= 4 is 12.0 Å². The number of aliphatic carboxylic acids is 1. The van der Waals surface area contributed by atoms with Crippen LogP contribution in [-0.2, 0) is 4.79 Å². The Kier molecular flexibility index (Phi) is 5.44. The molecule has 1 fully saturated rings. The van der Waals surface area contributed by atoms with Gasteiger partial charge in [0.2, 0.25) is 0 Å². The van der Waals surface area contributed by atoms with E-state index in [2.05, 4.69) is 17.6 Å². The number of hydrogen-bond donors (Lipinski definition) is 3. The summed E-state index contributed by atoms with van der Waals surface area (Å²) in [5, 5.41) is 14.3. The molecule has 1 aliphatic rings. The standard InChI is InChI=1S/C13H24N2O3/c1-3-10(11(16)17)8-14-12(18)15-9-13(2)6-4-5-7-13/h10H,3-9H2,1-2H3,(H,16,17)(H2,14,15,18). The second-order valence-corrected chi connectivity index (χ2v) is 5.52. The summed E-state index contributed by atoms with van der Waals surface area (Å²) < 4.78 is 0. The van der Waals surface area contributed by atoms with Crippen LogP contribution in [0.2, 0.25) is 0 Å². The summed E-state index contributed by atoms with van der Waals surface area (Å²) in [6.07, 6.45) is 5.29. The van der Waals surface area contributed by atoms with Gasteiger partial charge in [0.15, 0.2) is 0 Å². The molecular weight excluding hydrogens is 232 g/mol. The average molecular weight is 256 g/mol. The highest BCUT2D eigenvalue weighted by Crippen LogP contribution is 2.36. The maximum Gasteiger partial charge on any atom is 0.314 e. The third kappa shape index (κ3) is 4.55. The monoisotopic (exact) mass is 256 g/mol. The van der Waals surface area contributed by atoms with Crippen molar-refractivity contribution < 1.29 is 14.7 Å². The third-order valence-electron chi connectivity index (χ3n) is 3.84. The first kappa shape index (κ1) is 14.8. The summed E-state index contributed by atoms with van der Waals surface area (Å²) in [7, 11) is 0. The van der Waals surface area contributed by atoms with Crippen LogP contribution in [0.15, 0.2) is 0 Å². The summed E-state index contributed by atoms with van der Waals surface area (Å²) in [5.41, 5.74) is 0.217. The Morgan fingerprint density at radius 1 is 1.28 bits per heavy atom. The van der Waals surface area contributed by atoms with Gasteiger partial charge in [-0.1, -0.05) is 26.7 Å². The van der Waals surface area contributed by atoms with Crippen LogP contribution in [0.4, 0.5) is 4.79 Å². The van der Waals surface area contributed by atoms with E-state index in [0.717, 1.165) is 12.8 Å². The average Bonchev–Trinajstić information content (AvgIpc) is 2.74. The van der Waals surface area contributed by atoms with Crippen LogP contribution in [0.5, 0.6) is 0 Å². The Balaban J connectivity index is 2.23. The molecule has 1 rings (SSSR count). The Morgan fingerprint density at radius 3 is 2.39 bits per heavy atom. The lowest BCUT2D eigenvalue weighted by atomic mass is 9.89. The molecule has 1 atom stereocenters. The zero-order valence-corrected chi connectivity index (χ0v) is 11.3. The molecule has 0 spiro atoms. The number of carbonyl (C=O) groups is 2. The first-order valence-corrected chi connectivity index (χ1v) is 6.71. The van der Waals surface area contributed by atoms with Gasteiger partial charge in [0.25, 0.3) is 0 Å². The maximum absolute atomic E-state index is 11.6. The molecule has 5 heteroatoms. The van der Waals surface area contributed by atoms with Crippen LogP contribution in [0.1, 0.15) is 46.0 Å². The highest BCUT2D eigenvalue weighted by molar-refractivity contribution is 5.75. The molecule has 0 heterocycles. The second-order valence-electron chi connectivity index (χ2n) is 5.52. The molecule has 0 aromatic rings. The van der Waals surface area contributed by atoms with Gasteiger partial charge in [-0.3, -0.25) is 4.79 Å². The largest absolute Gasteiger partial charge is 0.481 e. The van der Waals surface area contributed by atoms with Crippen LogP contribution in [0, 0.1) is 11.3 Å². The molecule has 0 bridgehead atoms. The molecule has 0 aromatic carbocycles. The van der Waals surface area contributed by atoms with Gasteiger partial charge in [0.05, 0.1) is 5.92 Å². The SMILES string of the molecule is CCC(CNC(=O)NCC1(C)CCCC1)C(=O)O. The van der Waals surface area contributed by atoms with E-state index in [0.29, 0.717) is 13.0 Å². The molecule has 5 nitrogen and oxygen atoms in total. The van der Waals surface area contributed by atoms with Crippen molar-refractivity contribution in [3.63, 3.8) is 0 Å². The smallest absolute Gasteiger partial charge is 0.314 e. The number of carboxylic acid groups (broad SMARTS) is 1. The molecule has 3 N–H and O–H groups in total. The van der Waals surface area contributed by atoms with E-state index in [1.54, 1.807) is 6.92 Å². The van der Waals surface area contributed by atoms with E-state index in [4.69, 9.17) is 5.11 Å². The summed E-state index contributed by atoms with van der Waals surface area (Å²) in [6, 6.07) is -0.261. The first-order chi connectivity index (χ1) is 8.47. The number of nitrogens with one attached hydrogen (secondary N) is 2. The summed E-state index contributed by atoms with van der Waals surface area (Å²) in [5.74, 6) is -1.36. The van der Waals surface area contributed by atoms with E-state index in [1.165, 1.54) is 12.8 Å². The van der Waals surface area contributed by atoms with Crippen molar-refractivity contribution in [1.29, 1.82) is 0 Å². The van der Waals surface area contributed by atoms with Crippen LogP contribution in [0.3, 0.4) is 0 Å². The lowest BCUT2D eigenvalue weighted by Crippen LogP contribution is -2.43. The third-order valence-corrected chi connectivity index (χ3v) is 3.84. The fourth-order valence-electron chi connectivity index (χ4n) is 2.38. The highest BCUT2D eigenvalue weighted by atomic mass is 16.4. The molecule has 0 saturated heterocycles. The Morgan fingerprint density at radius 2 is 1.89 bits per heavy atom. The van der Waals surface area contributed by atoms with Gasteiger partial charge >= 0.3 is 12.0 Å². The quantitative estimate of drug-likeness (QED) is 0.680. The second kappa shape index (κ2) is 6.61. The Bertz CT molecular complexity index is 299. The molecule has 18 heavy (non-hydrogen) atoms. The van der Waals surface area contributed by atoms with Gasteiger partial charge in [-0.25, -0.2) is 4.79 Å². The van der Waals surface area contributed by atoms with Crippen LogP contribution < -0.4 is 10.6 Å². The number of hydrogen-bond acceptors (Lipinski definition) is 2. The van der Waals surface area contributed by atoms with Crippen molar-refractivity contribution in [1.82, 2.24) is 10.6 Å². The van der Waals surface area contributed by atoms with Gasteiger partial charge in [-0.2, -0.15) is 0 Å². The Labute approximate surface area is 108 Å². The van der Waals surface area contributed by atoms with E-state index in [1.807, 2.05) is 0 Å². The topological polar surface area (TPSA) is 78.4 Å². The summed E-state index contributed by atoms with van der Waals surface area (Å²) >= 11 is 0.